The first kappa shape index (κ1) is 11.4. The van der Waals surface area contributed by atoms with E-state index in [-0.39, 0.29) is 0 Å². The molecule has 1 aromatic carbocycles. The van der Waals surface area contributed by atoms with Crippen molar-refractivity contribution >= 4 is 23.2 Å². The molecule has 0 amide bonds. The number of halogens is 2. The van der Waals surface area contributed by atoms with Crippen LogP contribution in [-0.4, -0.2) is 4.98 Å². The fraction of sp³-hybridized carbons (Fsp3) is 0.0833. The molecule has 2 rings (SSSR count). The van der Waals surface area contributed by atoms with Crippen LogP contribution in [0.15, 0.2) is 36.5 Å². The topological polar surface area (TPSA) is 38.9 Å². The lowest BCUT2D eigenvalue weighted by atomic mass is 10.1. The number of benzene rings is 1. The molecule has 0 unspecified atom stereocenters. The number of nitrogens with zero attached hydrogens (tertiary/aromatic N) is 1. The van der Waals surface area contributed by atoms with Crippen molar-refractivity contribution in [1.82, 2.24) is 4.98 Å². The average molecular weight is 253 g/mol. The minimum Gasteiger partial charge on any atom is -0.325 e. The van der Waals surface area contributed by atoms with Crippen molar-refractivity contribution in [2.24, 2.45) is 5.73 Å². The highest BCUT2D eigenvalue weighted by molar-refractivity contribution is 6.39. The van der Waals surface area contributed by atoms with Gasteiger partial charge in [-0.25, -0.2) is 0 Å². The highest BCUT2D eigenvalue weighted by atomic mass is 35.5. The Morgan fingerprint density at radius 1 is 1.06 bits per heavy atom. The molecule has 0 atom stereocenters. The lowest BCUT2D eigenvalue weighted by Gasteiger charge is -2.07. The summed E-state index contributed by atoms with van der Waals surface area (Å²) in [7, 11) is 0. The van der Waals surface area contributed by atoms with Gasteiger partial charge >= 0.3 is 0 Å². The van der Waals surface area contributed by atoms with Crippen LogP contribution in [0.1, 0.15) is 5.69 Å². The highest BCUT2D eigenvalue weighted by Gasteiger charge is 2.08. The van der Waals surface area contributed by atoms with Crippen molar-refractivity contribution in [3.05, 3.63) is 52.3 Å². The number of pyridine rings is 1. The van der Waals surface area contributed by atoms with Gasteiger partial charge in [0, 0.05) is 33.9 Å². The van der Waals surface area contributed by atoms with Crippen LogP contribution in [0.2, 0.25) is 10.0 Å². The number of hydrogen-bond acceptors (Lipinski definition) is 2. The molecule has 2 N–H and O–H groups in total. The van der Waals surface area contributed by atoms with Gasteiger partial charge in [-0.1, -0.05) is 35.3 Å². The summed E-state index contributed by atoms with van der Waals surface area (Å²) >= 11 is 12.2. The molecule has 1 heterocycles. The Bertz CT molecular complexity index is 475. The number of hydrogen-bond donors (Lipinski definition) is 1. The third-order valence-electron chi connectivity index (χ3n) is 2.29. The van der Waals surface area contributed by atoms with Gasteiger partial charge in [0.25, 0.3) is 0 Å². The first-order chi connectivity index (χ1) is 7.72. The van der Waals surface area contributed by atoms with E-state index in [1.165, 1.54) is 0 Å². The molecule has 82 valence electrons. The zero-order chi connectivity index (χ0) is 11.5. The third-order valence-corrected chi connectivity index (χ3v) is 2.92. The van der Waals surface area contributed by atoms with Gasteiger partial charge in [-0.15, -0.1) is 0 Å². The molecule has 16 heavy (non-hydrogen) atoms. The summed E-state index contributed by atoms with van der Waals surface area (Å²) in [6.07, 6.45) is 1.73. The molecule has 0 saturated carbocycles. The molecular formula is C12H10Cl2N2. The SMILES string of the molecule is NCc1ccc(-c2c(Cl)cccc2Cl)cn1. The van der Waals surface area contributed by atoms with Gasteiger partial charge in [-0.05, 0) is 18.2 Å². The second-order valence-corrected chi connectivity index (χ2v) is 4.15. The van der Waals surface area contributed by atoms with E-state index in [4.69, 9.17) is 28.9 Å². The minimum atomic E-state index is 0.427. The molecule has 4 heteroatoms. The average Bonchev–Trinajstić information content (AvgIpc) is 2.30. The summed E-state index contributed by atoms with van der Waals surface area (Å²) in [5.41, 5.74) is 8.03. The van der Waals surface area contributed by atoms with Crippen molar-refractivity contribution in [3.8, 4) is 11.1 Å². The van der Waals surface area contributed by atoms with Crippen molar-refractivity contribution in [3.63, 3.8) is 0 Å². The Balaban J connectivity index is 2.50. The summed E-state index contributed by atoms with van der Waals surface area (Å²) in [6.45, 7) is 0.427. The Morgan fingerprint density at radius 3 is 2.25 bits per heavy atom. The molecule has 2 nitrogen and oxygen atoms in total. The lowest BCUT2D eigenvalue weighted by Crippen LogP contribution is -1.98. The molecule has 0 aliphatic carbocycles. The normalized spacial score (nSPS) is 10.4. The van der Waals surface area contributed by atoms with Crippen molar-refractivity contribution in [1.29, 1.82) is 0 Å². The fourth-order valence-electron chi connectivity index (χ4n) is 1.47. The molecule has 0 aliphatic rings. The molecule has 1 aromatic heterocycles. The zero-order valence-corrected chi connectivity index (χ0v) is 9.96. The smallest absolute Gasteiger partial charge is 0.0539 e. The van der Waals surface area contributed by atoms with Crippen LogP contribution in [0.3, 0.4) is 0 Å². The van der Waals surface area contributed by atoms with E-state index in [9.17, 15) is 0 Å². The maximum absolute atomic E-state index is 6.10. The van der Waals surface area contributed by atoms with Gasteiger partial charge < -0.3 is 5.73 Å². The summed E-state index contributed by atoms with van der Waals surface area (Å²) in [4.78, 5) is 4.21. The van der Waals surface area contributed by atoms with Crippen LogP contribution in [-0.2, 0) is 6.54 Å². The van der Waals surface area contributed by atoms with Gasteiger partial charge in [0.05, 0.1) is 5.69 Å². The molecule has 0 saturated heterocycles. The maximum atomic E-state index is 6.10. The zero-order valence-electron chi connectivity index (χ0n) is 8.45. The molecule has 0 aliphatic heterocycles. The second kappa shape index (κ2) is 4.83. The summed E-state index contributed by atoms with van der Waals surface area (Å²) < 4.78 is 0. The van der Waals surface area contributed by atoms with Crippen LogP contribution < -0.4 is 5.73 Å². The number of rotatable bonds is 2. The molecule has 0 radical (unpaired) electrons. The summed E-state index contributed by atoms with van der Waals surface area (Å²) in [5, 5.41) is 1.24. The predicted octanol–water partition coefficient (Wildman–Crippen LogP) is 3.51. The van der Waals surface area contributed by atoms with Crippen molar-refractivity contribution < 1.29 is 0 Å². The van der Waals surface area contributed by atoms with Gasteiger partial charge in [-0.3, -0.25) is 4.98 Å². The Morgan fingerprint density at radius 2 is 1.75 bits per heavy atom. The number of aromatic nitrogens is 1. The van der Waals surface area contributed by atoms with Crippen LogP contribution in [0.25, 0.3) is 11.1 Å². The molecule has 0 spiro atoms. The minimum absolute atomic E-state index is 0.427. The van der Waals surface area contributed by atoms with Crippen molar-refractivity contribution in [2.75, 3.05) is 0 Å². The number of nitrogens with two attached hydrogens (primary N) is 1. The molecular weight excluding hydrogens is 243 g/mol. The van der Waals surface area contributed by atoms with E-state index in [1.807, 2.05) is 18.2 Å². The van der Waals surface area contributed by atoms with Crippen LogP contribution >= 0.6 is 23.2 Å². The first-order valence-electron chi connectivity index (χ1n) is 4.81. The monoisotopic (exact) mass is 252 g/mol. The molecule has 0 fully saturated rings. The predicted molar refractivity (Wildman–Crippen MR) is 67.6 cm³/mol. The second-order valence-electron chi connectivity index (χ2n) is 3.34. The van der Waals surface area contributed by atoms with Crippen LogP contribution in [0, 0.1) is 0 Å². The quantitative estimate of drug-likeness (QED) is 0.889. The standard InChI is InChI=1S/C12H10Cl2N2/c13-10-2-1-3-11(14)12(10)8-4-5-9(6-15)16-7-8/h1-5,7H,6,15H2. The lowest BCUT2D eigenvalue weighted by molar-refractivity contribution is 0.991. The van der Waals surface area contributed by atoms with E-state index in [1.54, 1.807) is 18.3 Å². The first-order valence-corrected chi connectivity index (χ1v) is 5.57. The third kappa shape index (κ3) is 2.19. The molecule has 2 aromatic rings. The van der Waals surface area contributed by atoms with E-state index in [2.05, 4.69) is 4.98 Å². The summed E-state index contributed by atoms with van der Waals surface area (Å²) in [5.74, 6) is 0. The largest absolute Gasteiger partial charge is 0.325 e. The van der Waals surface area contributed by atoms with Gasteiger partial charge in [0.1, 0.15) is 0 Å². The maximum Gasteiger partial charge on any atom is 0.0539 e. The Hall–Kier alpha value is -1.09. The van der Waals surface area contributed by atoms with Gasteiger partial charge in [-0.2, -0.15) is 0 Å². The van der Waals surface area contributed by atoms with E-state index in [0.717, 1.165) is 16.8 Å². The van der Waals surface area contributed by atoms with E-state index >= 15 is 0 Å². The summed E-state index contributed by atoms with van der Waals surface area (Å²) in [6, 6.07) is 9.21. The van der Waals surface area contributed by atoms with E-state index < -0.39 is 0 Å². The Kier molecular flexibility index (Phi) is 3.44. The van der Waals surface area contributed by atoms with E-state index in [0.29, 0.717) is 16.6 Å². The van der Waals surface area contributed by atoms with Crippen LogP contribution in [0.4, 0.5) is 0 Å². The van der Waals surface area contributed by atoms with Gasteiger partial charge in [0.15, 0.2) is 0 Å². The fourth-order valence-corrected chi connectivity index (χ4v) is 2.08. The Labute approximate surface area is 104 Å². The highest BCUT2D eigenvalue weighted by Crippen LogP contribution is 2.33. The molecule has 0 bridgehead atoms. The van der Waals surface area contributed by atoms with Crippen molar-refractivity contribution in [2.45, 2.75) is 6.54 Å². The van der Waals surface area contributed by atoms with Gasteiger partial charge in [0.2, 0.25) is 0 Å². The van der Waals surface area contributed by atoms with Crippen LogP contribution in [0.5, 0.6) is 0 Å².